The lowest BCUT2D eigenvalue weighted by Gasteiger charge is -2.18. The maximum absolute atomic E-state index is 12.9. The van der Waals surface area contributed by atoms with E-state index in [-0.39, 0.29) is 31.1 Å². The highest BCUT2D eigenvalue weighted by Crippen LogP contribution is 2.17. The molecule has 6 nitrogen and oxygen atoms in total. The monoisotopic (exact) mass is 1070 g/mol. The second-order valence-corrected chi connectivity index (χ2v) is 21.7. The van der Waals surface area contributed by atoms with Gasteiger partial charge in [-0.05, 0) is 83.5 Å². The first-order valence-electron chi connectivity index (χ1n) is 32.7. The van der Waals surface area contributed by atoms with Crippen LogP contribution in [-0.4, -0.2) is 37.2 Å². The fourth-order valence-electron chi connectivity index (χ4n) is 9.23. The van der Waals surface area contributed by atoms with Gasteiger partial charge >= 0.3 is 17.9 Å². The average molecular weight is 1070 g/mol. The summed E-state index contributed by atoms with van der Waals surface area (Å²) in [5, 5.41) is 0. The summed E-state index contributed by atoms with van der Waals surface area (Å²) in [7, 11) is 0. The van der Waals surface area contributed by atoms with E-state index >= 15 is 0 Å². The molecule has 0 aliphatic heterocycles. The summed E-state index contributed by atoms with van der Waals surface area (Å²) in [6.07, 6.45) is 87.0. The second-order valence-electron chi connectivity index (χ2n) is 21.7. The molecular formula is C71H122O6. The summed E-state index contributed by atoms with van der Waals surface area (Å²) in [4.78, 5) is 38.3. The van der Waals surface area contributed by atoms with Crippen molar-refractivity contribution < 1.29 is 28.6 Å². The molecule has 77 heavy (non-hydrogen) atoms. The Balaban J connectivity index is 4.39. The first-order valence-corrected chi connectivity index (χ1v) is 32.7. The Hall–Kier alpha value is -3.67. The summed E-state index contributed by atoms with van der Waals surface area (Å²) in [6.45, 7) is 6.53. The number of allylic oxidation sites excluding steroid dienone is 16. The van der Waals surface area contributed by atoms with Gasteiger partial charge < -0.3 is 14.2 Å². The van der Waals surface area contributed by atoms with E-state index in [0.29, 0.717) is 19.3 Å². The van der Waals surface area contributed by atoms with Gasteiger partial charge in [-0.25, -0.2) is 0 Å². The zero-order valence-electron chi connectivity index (χ0n) is 50.7. The van der Waals surface area contributed by atoms with Crippen molar-refractivity contribution in [2.75, 3.05) is 13.2 Å². The van der Waals surface area contributed by atoms with Crippen LogP contribution in [0.2, 0.25) is 0 Å². The molecule has 0 bridgehead atoms. The predicted molar refractivity (Wildman–Crippen MR) is 334 cm³/mol. The van der Waals surface area contributed by atoms with Crippen molar-refractivity contribution in [3.05, 3.63) is 97.2 Å². The van der Waals surface area contributed by atoms with E-state index in [1.54, 1.807) is 0 Å². The molecule has 442 valence electrons. The van der Waals surface area contributed by atoms with Crippen LogP contribution in [0.25, 0.3) is 0 Å². The van der Waals surface area contributed by atoms with Gasteiger partial charge in [0.1, 0.15) is 13.2 Å². The van der Waals surface area contributed by atoms with Gasteiger partial charge in [-0.1, -0.05) is 311 Å². The second kappa shape index (κ2) is 64.9. The van der Waals surface area contributed by atoms with Crippen molar-refractivity contribution in [3.8, 4) is 0 Å². The Kier molecular flexibility index (Phi) is 61.8. The minimum atomic E-state index is -0.794. The van der Waals surface area contributed by atoms with Crippen LogP contribution in [0.1, 0.15) is 316 Å². The quantitative estimate of drug-likeness (QED) is 0.0261. The lowest BCUT2D eigenvalue weighted by atomic mass is 10.0. The zero-order valence-corrected chi connectivity index (χ0v) is 50.7. The Morgan fingerprint density at radius 1 is 0.273 bits per heavy atom. The van der Waals surface area contributed by atoms with Crippen LogP contribution >= 0.6 is 0 Å². The number of hydrogen-bond donors (Lipinski definition) is 0. The van der Waals surface area contributed by atoms with Gasteiger partial charge in [0.25, 0.3) is 0 Å². The van der Waals surface area contributed by atoms with Gasteiger partial charge in [0.2, 0.25) is 0 Å². The van der Waals surface area contributed by atoms with Crippen molar-refractivity contribution in [1.29, 1.82) is 0 Å². The van der Waals surface area contributed by atoms with Crippen LogP contribution in [0.5, 0.6) is 0 Å². The van der Waals surface area contributed by atoms with E-state index in [4.69, 9.17) is 14.2 Å². The van der Waals surface area contributed by atoms with Crippen LogP contribution in [0, 0.1) is 0 Å². The SMILES string of the molecule is CC/C=C\C/C=C\C/C=C\C/C=C\C/C=C\C/C=C\C/C=C\C/C=C\CCCCC(=O)OCC(COC(=O)CCCCCCCCCCCCCCC)OC(=O)CCCCCCCCCCCCCCCCCCCCC. The molecule has 0 saturated carbocycles. The molecule has 0 spiro atoms. The van der Waals surface area contributed by atoms with E-state index in [9.17, 15) is 14.4 Å². The smallest absolute Gasteiger partial charge is 0.306 e. The standard InChI is InChI=1S/C71H122O6/c1-4-7-10-13-16-19-22-25-27-29-31-32-33-34-35-36-37-38-40-41-43-46-49-52-55-58-61-64-70(73)76-67-68(66-75-69(72)63-60-57-54-51-48-45-24-21-18-15-12-9-6-3)77-71(74)65-62-59-56-53-50-47-44-42-39-30-28-26-23-20-17-14-11-8-5-2/h7,10,16,19,25,27,31-32,34-35,37-38,41,43,49,52,68H,4-6,8-9,11-15,17-18,20-24,26,28-30,33,36,39-40,42,44-48,50-51,53-67H2,1-3H3/b10-7-,19-16-,27-25-,32-31-,35-34-,38-37-,43-41-,52-49-. The molecule has 0 aromatic carbocycles. The molecule has 0 fully saturated rings. The first kappa shape index (κ1) is 73.3. The number of hydrogen-bond acceptors (Lipinski definition) is 6. The predicted octanol–water partition coefficient (Wildman–Crippen LogP) is 22.4. The highest BCUT2D eigenvalue weighted by atomic mass is 16.6. The summed E-state index contributed by atoms with van der Waals surface area (Å²) in [6, 6.07) is 0. The van der Waals surface area contributed by atoms with Crippen molar-refractivity contribution in [2.24, 2.45) is 0 Å². The fourth-order valence-corrected chi connectivity index (χ4v) is 9.23. The highest BCUT2D eigenvalue weighted by Gasteiger charge is 2.19. The number of carbonyl (C=O) groups excluding carboxylic acids is 3. The highest BCUT2D eigenvalue weighted by molar-refractivity contribution is 5.71. The molecule has 0 amide bonds. The largest absolute Gasteiger partial charge is 0.462 e. The zero-order chi connectivity index (χ0) is 55.7. The van der Waals surface area contributed by atoms with E-state index in [2.05, 4.69) is 118 Å². The normalized spacial score (nSPS) is 12.7. The maximum atomic E-state index is 12.9. The van der Waals surface area contributed by atoms with Crippen LogP contribution in [0.3, 0.4) is 0 Å². The van der Waals surface area contributed by atoms with Gasteiger partial charge in [-0.3, -0.25) is 14.4 Å². The topological polar surface area (TPSA) is 78.9 Å². The summed E-state index contributed by atoms with van der Waals surface area (Å²) < 4.78 is 16.9. The Labute approximate surface area is 477 Å². The molecule has 0 radical (unpaired) electrons. The van der Waals surface area contributed by atoms with E-state index < -0.39 is 6.10 Å². The fraction of sp³-hybridized carbons (Fsp3) is 0.732. The minimum absolute atomic E-state index is 0.0872. The average Bonchev–Trinajstić information content (AvgIpc) is 3.43. The van der Waals surface area contributed by atoms with Crippen LogP contribution < -0.4 is 0 Å². The number of ether oxygens (including phenoxy) is 3. The Morgan fingerprint density at radius 3 is 0.792 bits per heavy atom. The minimum Gasteiger partial charge on any atom is -0.462 e. The molecule has 0 aromatic heterocycles. The molecular weight excluding hydrogens is 949 g/mol. The van der Waals surface area contributed by atoms with E-state index in [0.717, 1.165) is 109 Å². The molecule has 1 atom stereocenters. The molecule has 0 saturated heterocycles. The molecule has 0 aliphatic carbocycles. The van der Waals surface area contributed by atoms with Crippen LogP contribution in [-0.2, 0) is 28.6 Å². The van der Waals surface area contributed by atoms with Crippen molar-refractivity contribution in [3.63, 3.8) is 0 Å². The third kappa shape index (κ3) is 63.0. The van der Waals surface area contributed by atoms with E-state index in [1.807, 2.05) is 0 Å². The number of carbonyl (C=O) groups is 3. The molecule has 1 unspecified atom stereocenters. The Morgan fingerprint density at radius 2 is 0.506 bits per heavy atom. The van der Waals surface area contributed by atoms with Crippen molar-refractivity contribution in [1.82, 2.24) is 0 Å². The van der Waals surface area contributed by atoms with Crippen LogP contribution in [0.4, 0.5) is 0 Å². The third-order valence-corrected chi connectivity index (χ3v) is 14.1. The van der Waals surface area contributed by atoms with Gasteiger partial charge in [0, 0.05) is 19.3 Å². The lowest BCUT2D eigenvalue weighted by Crippen LogP contribution is -2.30. The number of esters is 3. The van der Waals surface area contributed by atoms with Gasteiger partial charge in [0.05, 0.1) is 0 Å². The molecule has 0 aliphatic rings. The third-order valence-electron chi connectivity index (χ3n) is 14.1. The number of unbranched alkanes of at least 4 members (excludes halogenated alkanes) is 32. The van der Waals surface area contributed by atoms with Crippen molar-refractivity contribution in [2.45, 2.75) is 322 Å². The molecule has 0 N–H and O–H groups in total. The molecule has 0 heterocycles. The van der Waals surface area contributed by atoms with Gasteiger partial charge in [-0.2, -0.15) is 0 Å². The maximum Gasteiger partial charge on any atom is 0.306 e. The van der Waals surface area contributed by atoms with Crippen molar-refractivity contribution >= 4 is 17.9 Å². The molecule has 0 aromatic rings. The summed E-state index contributed by atoms with van der Waals surface area (Å²) >= 11 is 0. The molecule has 0 rings (SSSR count). The van der Waals surface area contributed by atoms with Crippen LogP contribution in [0.15, 0.2) is 97.2 Å². The van der Waals surface area contributed by atoms with Gasteiger partial charge in [0.15, 0.2) is 6.10 Å². The first-order chi connectivity index (χ1) is 38.0. The van der Waals surface area contributed by atoms with E-state index in [1.165, 1.54) is 167 Å². The van der Waals surface area contributed by atoms with Gasteiger partial charge in [-0.15, -0.1) is 0 Å². The summed E-state index contributed by atoms with van der Waals surface area (Å²) in [5.74, 6) is -0.918. The number of rotatable bonds is 59. The Bertz CT molecular complexity index is 1510. The summed E-state index contributed by atoms with van der Waals surface area (Å²) in [5.41, 5.74) is 0. The lowest BCUT2D eigenvalue weighted by molar-refractivity contribution is -0.167. The molecule has 6 heteroatoms.